The molecule has 0 atom stereocenters. The molecule has 0 aliphatic rings. The van der Waals surface area contributed by atoms with Gasteiger partial charge in [0.25, 0.3) is 0 Å². The molecule has 0 spiro atoms. The monoisotopic (exact) mass is 278 g/mol. The third-order valence-corrected chi connectivity index (χ3v) is 4.12. The lowest BCUT2D eigenvalue weighted by Crippen LogP contribution is -1.96. The van der Waals surface area contributed by atoms with Crippen LogP contribution in [-0.2, 0) is 0 Å². The molecule has 1 heterocycles. The van der Waals surface area contributed by atoms with Crippen LogP contribution in [0.25, 0.3) is 21.8 Å². The van der Waals surface area contributed by atoms with Crippen LogP contribution in [0.5, 0.6) is 0 Å². The van der Waals surface area contributed by atoms with Gasteiger partial charge in [-0.05, 0) is 47.2 Å². The third kappa shape index (κ3) is 2.46. The highest BCUT2D eigenvalue weighted by Gasteiger charge is 2.09. The minimum atomic E-state index is 0.468. The first-order valence-electron chi connectivity index (χ1n) is 7.59. The molecular formula is C19H22N2. The van der Waals surface area contributed by atoms with Crippen LogP contribution in [0, 0.1) is 0 Å². The van der Waals surface area contributed by atoms with Crippen LogP contribution in [0.15, 0.2) is 36.4 Å². The number of aromatic nitrogens is 1. The van der Waals surface area contributed by atoms with Crippen molar-refractivity contribution in [2.24, 2.45) is 0 Å². The largest absolute Gasteiger partial charge is 0.397 e. The summed E-state index contributed by atoms with van der Waals surface area (Å²) >= 11 is 0. The third-order valence-electron chi connectivity index (χ3n) is 4.12. The molecule has 0 aliphatic heterocycles. The smallest absolute Gasteiger partial charge is 0.0939 e. The molecule has 108 valence electrons. The standard InChI is InChI=1S/C19H22N2/c1-11(2)13-5-6-14-7-16-8-15(12(3)4)9-17(20)19(16)21-18(14)10-13/h5-12H,20H2,1-4H3. The Balaban J connectivity index is 2.29. The fourth-order valence-electron chi connectivity index (χ4n) is 2.70. The van der Waals surface area contributed by atoms with Crippen LogP contribution >= 0.6 is 0 Å². The predicted octanol–water partition coefficient (Wildman–Crippen LogP) is 5.22. The van der Waals surface area contributed by atoms with Crippen molar-refractivity contribution < 1.29 is 0 Å². The maximum absolute atomic E-state index is 6.22. The SMILES string of the molecule is CC(C)c1cc(N)c2nc3cc(C(C)C)ccc3cc2c1. The van der Waals surface area contributed by atoms with Gasteiger partial charge in [-0.15, -0.1) is 0 Å². The van der Waals surface area contributed by atoms with Gasteiger partial charge in [0.2, 0.25) is 0 Å². The average molecular weight is 278 g/mol. The number of rotatable bonds is 2. The second-order valence-corrected chi connectivity index (χ2v) is 6.43. The number of anilines is 1. The molecular weight excluding hydrogens is 256 g/mol. The van der Waals surface area contributed by atoms with E-state index < -0.39 is 0 Å². The van der Waals surface area contributed by atoms with Crippen LogP contribution in [0.1, 0.15) is 50.7 Å². The van der Waals surface area contributed by atoms with Gasteiger partial charge in [0.1, 0.15) is 0 Å². The minimum absolute atomic E-state index is 0.468. The first kappa shape index (κ1) is 13.9. The fraction of sp³-hybridized carbons (Fsp3) is 0.316. The van der Waals surface area contributed by atoms with Crippen molar-refractivity contribution in [3.63, 3.8) is 0 Å². The Labute approximate surface area is 126 Å². The zero-order chi connectivity index (χ0) is 15.1. The zero-order valence-electron chi connectivity index (χ0n) is 13.1. The van der Waals surface area contributed by atoms with E-state index in [0.717, 1.165) is 22.1 Å². The first-order chi connectivity index (χ1) is 9.95. The molecule has 21 heavy (non-hydrogen) atoms. The van der Waals surface area contributed by atoms with Gasteiger partial charge in [0.05, 0.1) is 16.7 Å². The average Bonchev–Trinajstić information content (AvgIpc) is 2.44. The summed E-state index contributed by atoms with van der Waals surface area (Å²) < 4.78 is 0. The Bertz CT molecular complexity index is 817. The van der Waals surface area contributed by atoms with Gasteiger partial charge in [-0.25, -0.2) is 4.98 Å². The van der Waals surface area contributed by atoms with E-state index in [9.17, 15) is 0 Å². The van der Waals surface area contributed by atoms with Gasteiger partial charge in [-0.2, -0.15) is 0 Å². The Morgan fingerprint density at radius 2 is 1.52 bits per heavy atom. The number of nitrogens with zero attached hydrogens (tertiary/aromatic N) is 1. The highest BCUT2D eigenvalue weighted by molar-refractivity contribution is 5.98. The number of pyridine rings is 1. The molecule has 0 saturated carbocycles. The second kappa shape index (κ2) is 5.03. The molecule has 2 N–H and O–H groups in total. The molecule has 0 unspecified atom stereocenters. The maximum atomic E-state index is 6.22. The minimum Gasteiger partial charge on any atom is -0.397 e. The molecule has 0 saturated heterocycles. The van der Waals surface area contributed by atoms with E-state index in [2.05, 4.69) is 64.1 Å². The highest BCUT2D eigenvalue weighted by atomic mass is 14.7. The van der Waals surface area contributed by atoms with Gasteiger partial charge in [-0.1, -0.05) is 39.8 Å². The van der Waals surface area contributed by atoms with Crippen molar-refractivity contribution in [1.82, 2.24) is 4.98 Å². The van der Waals surface area contributed by atoms with Crippen LogP contribution in [0.3, 0.4) is 0 Å². The number of benzene rings is 2. The fourth-order valence-corrected chi connectivity index (χ4v) is 2.70. The molecule has 3 rings (SSSR count). The van der Waals surface area contributed by atoms with Crippen LogP contribution in [-0.4, -0.2) is 4.98 Å². The molecule has 0 aliphatic carbocycles. The van der Waals surface area contributed by atoms with E-state index >= 15 is 0 Å². The summed E-state index contributed by atoms with van der Waals surface area (Å²) in [5.74, 6) is 0.975. The number of nitrogen functional groups attached to an aromatic ring is 1. The molecule has 2 nitrogen and oxygen atoms in total. The molecule has 2 heteroatoms. The number of nitrogens with two attached hydrogens (primary N) is 1. The molecule has 2 aromatic carbocycles. The maximum Gasteiger partial charge on any atom is 0.0939 e. The predicted molar refractivity (Wildman–Crippen MR) is 91.8 cm³/mol. The summed E-state index contributed by atoms with van der Waals surface area (Å²) in [5, 5.41) is 2.30. The number of fused-ring (bicyclic) bond motifs is 2. The Hall–Kier alpha value is -2.09. The molecule has 0 amide bonds. The lowest BCUT2D eigenvalue weighted by atomic mass is 9.98. The lowest BCUT2D eigenvalue weighted by Gasteiger charge is -2.11. The number of hydrogen-bond donors (Lipinski definition) is 1. The molecule has 0 fully saturated rings. The molecule has 0 radical (unpaired) electrons. The normalized spacial score (nSPS) is 11.9. The summed E-state index contributed by atoms with van der Waals surface area (Å²) in [7, 11) is 0. The number of hydrogen-bond acceptors (Lipinski definition) is 2. The van der Waals surface area contributed by atoms with Crippen LogP contribution in [0.4, 0.5) is 5.69 Å². The van der Waals surface area contributed by atoms with Crippen molar-refractivity contribution in [2.75, 3.05) is 5.73 Å². The van der Waals surface area contributed by atoms with E-state index in [1.54, 1.807) is 0 Å². The van der Waals surface area contributed by atoms with E-state index in [-0.39, 0.29) is 0 Å². The quantitative estimate of drug-likeness (QED) is 0.516. The Kier molecular flexibility index (Phi) is 3.32. The van der Waals surface area contributed by atoms with Crippen LogP contribution in [0.2, 0.25) is 0 Å². The van der Waals surface area contributed by atoms with Crippen molar-refractivity contribution in [3.8, 4) is 0 Å². The van der Waals surface area contributed by atoms with Gasteiger partial charge in [-0.3, -0.25) is 0 Å². The second-order valence-electron chi connectivity index (χ2n) is 6.43. The van der Waals surface area contributed by atoms with Gasteiger partial charge in [0, 0.05) is 10.8 Å². The molecule has 1 aromatic heterocycles. The van der Waals surface area contributed by atoms with Crippen LogP contribution < -0.4 is 5.73 Å². The van der Waals surface area contributed by atoms with E-state index in [1.165, 1.54) is 16.5 Å². The first-order valence-corrected chi connectivity index (χ1v) is 7.59. The Morgan fingerprint density at radius 3 is 2.19 bits per heavy atom. The molecule has 3 aromatic rings. The summed E-state index contributed by atoms with van der Waals surface area (Å²) in [6.45, 7) is 8.77. The topological polar surface area (TPSA) is 38.9 Å². The van der Waals surface area contributed by atoms with Gasteiger partial charge < -0.3 is 5.73 Å². The van der Waals surface area contributed by atoms with Crippen molar-refractivity contribution >= 4 is 27.5 Å². The van der Waals surface area contributed by atoms with Crippen molar-refractivity contribution in [3.05, 3.63) is 47.5 Å². The van der Waals surface area contributed by atoms with Crippen molar-refractivity contribution in [1.29, 1.82) is 0 Å². The summed E-state index contributed by atoms with van der Waals surface area (Å²) in [4.78, 5) is 4.80. The summed E-state index contributed by atoms with van der Waals surface area (Å²) in [6.07, 6.45) is 0. The zero-order valence-corrected chi connectivity index (χ0v) is 13.1. The van der Waals surface area contributed by atoms with E-state index in [0.29, 0.717) is 11.8 Å². The lowest BCUT2D eigenvalue weighted by molar-refractivity contribution is 0.868. The Morgan fingerprint density at radius 1 is 0.810 bits per heavy atom. The highest BCUT2D eigenvalue weighted by Crippen LogP contribution is 2.29. The summed E-state index contributed by atoms with van der Waals surface area (Å²) in [6, 6.07) is 13.0. The van der Waals surface area contributed by atoms with E-state index in [4.69, 9.17) is 10.7 Å². The van der Waals surface area contributed by atoms with Gasteiger partial charge in [0.15, 0.2) is 0 Å². The summed E-state index contributed by atoms with van der Waals surface area (Å²) in [5.41, 5.74) is 11.5. The van der Waals surface area contributed by atoms with E-state index in [1.807, 2.05) is 0 Å². The molecule has 0 bridgehead atoms. The van der Waals surface area contributed by atoms with Crippen molar-refractivity contribution in [2.45, 2.75) is 39.5 Å². The van der Waals surface area contributed by atoms with Gasteiger partial charge >= 0.3 is 0 Å².